The molecule has 0 N–H and O–H groups in total. The summed E-state index contributed by atoms with van der Waals surface area (Å²) in [6.07, 6.45) is 9.68. The molecular weight excluding hydrogens is 368 g/mol. The van der Waals surface area contributed by atoms with E-state index in [-0.39, 0.29) is 0 Å². The van der Waals surface area contributed by atoms with Crippen molar-refractivity contribution >= 4 is 41.1 Å². The van der Waals surface area contributed by atoms with Crippen LogP contribution in [0.15, 0.2) is 22.9 Å². The summed E-state index contributed by atoms with van der Waals surface area (Å²) >= 11 is 4.01. The van der Waals surface area contributed by atoms with Crippen LogP contribution in [-0.4, -0.2) is 8.07 Å². The van der Waals surface area contributed by atoms with E-state index in [4.69, 9.17) is 0 Å². The van der Waals surface area contributed by atoms with Crippen molar-refractivity contribution in [3.05, 3.63) is 22.9 Å². The summed E-state index contributed by atoms with van der Waals surface area (Å²) in [4.78, 5) is 3.30. The van der Waals surface area contributed by atoms with E-state index in [1.54, 1.807) is 9.75 Å². The molecule has 0 nitrogen and oxygen atoms in total. The van der Waals surface area contributed by atoms with Crippen molar-refractivity contribution in [2.75, 3.05) is 0 Å². The highest BCUT2D eigenvalue weighted by Gasteiger charge is 2.48. The van der Waals surface area contributed by atoms with Gasteiger partial charge in [-0.2, -0.15) is 0 Å². The lowest BCUT2D eigenvalue weighted by Gasteiger charge is -2.35. The van der Waals surface area contributed by atoms with E-state index in [0.717, 1.165) is 11.8 Å². The van der Waals surface area contributed by atoms with Crippen LogP contribution in [-0.2, 0) is 0 Å². The van der Waals surface area contributed by atoms with Gasteiger partial charge in [-0.15, -0.1) is 22.7 Å². The Kier molecular flexibility index (Phi) is 7.21. The zero-order valence-electron chi connectivity index (χ0n) is 17.1. The molecule has 3 heteroatoms. The fourth-order valence-corrected chi connectivity index (χ4v) is 15.0. The lowest BCUT2D eigenvalue weighted by molar-refractivity contribution is 0.482. The number of thiophene rings is 2. The molecule has 2 unspecified atom stereocenters. The topological polar surface area (TPSA) is 0 Å². The Hall–Kier alpha value is -0.383. The molecule has 2 aromatic rings. The predicted octanol–water partition coefficient (Wildman–Crippen LogP) is 7.40. The van der Waals surface area contributed by atoms with Gasteiger partial charge in [0.15, 0.2) is 0 Å². The van der Waals surface area contributed by atoms with Crippen molar-refractivity contribution in [1.29, 1.82) is 0 Å². The minimum Gasteiger partial charge on any atom is -0.143 e. The Bertz CT molecular complexity index is 644. The first-order chi connectivity index (χ1) is 12.7. The summed E-state index contributed by atoms with van der Waals surface area (Å²) in [6, 6.07) is 8.02. The van der Waals surface area contributed by atoms with Crippen LogP contribution in [0.25, 0.3) is 9.75 Å². The number of hydrogen-bond acceptors (Lipinski definition) is 2. The smallest absolute Gasteiger partial charge is 0.122 e. The number of hydrogen-bond donors (Lipinski definition) is 0. The molecule has 0 fully saturated rings. The van der Waals surface area contributed by atoms with E-state index in [9.17, 15) is 0 Å². The van der Waals surface area contributed by atoms with Crippen molar-refractivity contribution < 1.29 is 0 Å². The summed E-state index contributed by atoms with van der Waals surface area (Å²) in [5.74, 6) is 1.78. The third kappa shape index (κ3) is 3.91. The highest BCUT2D eigenvalue weighted by Crippen LogP contribution is 2.42. The average molecular weight is 405 g/mol. The van der Waals surface area contributed by atoms with Crippen LogP contribution in [0.4, 0.5) is 0 Å². The molecule has 26 heavy (non-hydrogen) atoms. The maximum Gasteiger partial charge on any atom is 0.122 e. The van der Waals surface area contributed by atoms with Gasteiger partial charge in [0.2, 0.25) is 0 Å². The number of unbranched alkanes of at least 4 members (excludes halogenated alkanes) is 2. The minimum absolute atomic E-state index is 0.865. The minimum atomic E-state index is -1.60. The average Bonchev–Trinajstić information content (AvgIpc) is 3.34. The SMILES string of the molecule is CCCCC(C)C[Si]1(CC(CC)CCCC)c2ccsc2-c2sccc21. The van der Waals surface area contributed by atoms with E-state index in [2.05, 4.69) is 50.6 Å². The zero-order chi connectivity index (χ0) is 18.6. The van der Waals surface area contributed by atoms with Gasteiger partial charge >= 0.3 is 0 Å². The Balaban J connectivity index is 1.95. The van der Waals surface area contributed by atoms with Crippen LogP contribution in [0.5, 0.6) is 0 Å². The van der Waals surface area contributed by atoms with Gasteiger partial charge in [-0.1, -0.05) is 84.8 Å². The number of fused-ring (bicyclic) bond motifs is 3. The first-order valence-corrected chi connectivity index (χ1v) is 15.0. The molecule has 0 aromatic carbocycles. The first kappa shape index (κ1) is 20.4. The van der Waals surface area contributed by atoms with Crippen LogP contribution >= 0.6 is 22.7 Å². The van der Waals surface area contributed by atoms with Crippen LogP contribution in [0.3, 0.4) is 0 Å². The van der Waals surface area contributed by atoms with Crippen molar-refractivity contribution in [3.8, 4) is 9.75 Å². The van der Waals surface area contributed by atoms with Gasteiger partial charge in [-0.05, 0) is 45.1 Å². The van der Waals surface area contributed by atoms with E-state index in [0.29, 0.717) is 0 Å². The lowest BCUT2D eigenvalue weighted by atomic mass is 10.0. The van der Waals surface area contributed by atoms with E-state index >= 15 is 0 Å². The van der Waals surface area contributed by atoms with Crippen LogP contribution in [0.1, 0.15) is 72.6 Å². The fourth-order valence-electron chi connectivity index (χ4n) is 5.08. The second-order valence-corrected chi connectivity index (χ2v) is 14.4. The van der Waals surface area contributed by atoms with Gasteiger partial charge in [0.05, 0.1) is 0 Å². The third-order valence-corrected chi connectivity index (χ3v) is 14.4. The van der Waals surface area contributed by atoms with Gasteiger partial charge in [0, 0.05) is 9.75 Å². The Morgan fingerprint density at radius 2 is 1.42 bits per heavy atom. The quantitative estimate of drug-likeness (QED) is 0.342. The van der Waals surface area contributed by atoms with Gasteiger partial charge in [0.1, 0.15) is 8.07 Å². The third-order valence-electron chi connectivity index (χ3n) is 6.50. The molecule has 0 saturated carbocycles. The molecule has 0 amide bonds. The fraction of sp³-hybridized carbons (Fsp3) is 0.652. The van der Waals surface area contributed by atoms with Gasteiger partial charge in [-0.3, -0.25) is 0 Å². The second kappa shape index (κ2) is 9.21. The molecule has 0 radical (unpaired) electrons. The highest BCUT2D eigenvalue weighted by atomic mass is 32.1. The van der Waals surface area contributed by atoms with E-state index < -0.39 is 8.07 Å². The van der Waals surface area contributed by atoms with Crippen molar-refractivity contribution in [3.63, 3.8) is 0 Å². The zero-order valence-corrected chi connectivity index (χ0v) is 19.8. The van der Waals surface area contributed by atoms with E-state index in [1.807, 2.05) is 33.0 Å². The maximum absolute atomic E-state index is 2.54. The lowest BCUT2D eigenvalue weighted by Crippen LogP contribution is -2.56. The van der Waals surface area contributed by atoms with Crippen molar-refractivity contribution in [2.45, 2.75) is 84.7 Å². The summed E-state index contributed by atoms with van der Waals surface area (Å²) in [5.41, 5.74) is 0. The molecule has 0 saturated heterocycles. The molecular formula is C23H36S2Si. The largest absolute Gasteiger partial charge is 0.143 e. The Labute approximate surface area is 170 Å². The van der Waals surface area contributed by atoms with Crippen LogP contribution < -0.4 is 10.4 Å². The van der Waals surface area contributed by atoms with Crippen LogP contribution in [0.2, 0.25) is 12.1 Å². The molecule has 3 rings (SSSR count). The number of rotatable bonds is 11. The monoisotopic (exact) mass is 404 g/mol. The maximum atomic E-state index is 2.54. The molecule has 0 aliphatic carbocycles. The van der Waals surface area contributed by atoms with Crippen molar-refractivity contribution in [2.24, 2.45) is 11.8 Å². The predicted molar refractivity (Wildman–Crippen MR) is 124 cm³/mol. The highest BCUT2D eigenvalue weighted by molar-refractivity contribution is 7.27. The molecule has 2 aromatic heterocycles. The molecule has 1 aliphatic heterocycles. The normalized spacial score (nSPS) is 17.1. The first-order valence-electron chi connectivity index (χ1n) is 10.8. The summed E-state index contributed by atoms with van der Waals surface area (Å²) < 4.78 is 0. The molecule has 0 spiro atoms. The molecule has 2 atom stereocenters. The summed E-state index contributed by atoms with van der Waals surface area (Å²) in [6.45, 7) is 9.65. The van der Waals surface area contributed by atoms with Crippen molar-refractivity contribution in [1.82, 2.24) is 0 Å². The Morgan fingerprint density at radius 3 is 1.96 bits per heavy atom. The molecule has 3 heterocycles. The standard InChI is InChI=1S/C23H36S2Si/c1-5-8-10-18(4)16-26(17-19(7-3)11-9-6-2)20-12-14-24-22(20)23-21(26)13-15-25-23/h12-15,18-19H,5-11,16-17H2,1-4H3. The van der Waals surface area contributed by atoms with Crippen LogP contribution in [0, 0.1) is 11.8 Å². The summed E-state index contributed by atoms with van der Waals surface area (Å²) in [7, 11) is -1.60. The van der Waals surface area contributed by atoms with Gasteiger partial charge < -0.3 is 0 Å². The second-order valence-electron chi connectivity index (χ2n) is 8.48. The van der Waals surface area contributed by atoms with Gasteiger partial charge in [-0.25, -0.2) is 0 Å². The van der Waals surface area contributed by atoms with E-state index in [1.165, 1.54) is 57.0 Å². The summed E-state index contributed by atoms with van der Waals surface area (Å²) in [5, 5.41) is 8.36. The molecule has 144 valence electrons. The Morgan fingerprint density at radius 1 is 0.846 bits per heavy atom. The molecule has 1 aliphatic rings. The molecule has 0 bridgehead atoms. The van der Waals surface area contributed by atoms with Gasteiger partial charge in [0.25, 0.3) is 0 Å².